The van der Waals surface area contributed by atoms with Gasteiger partial charge in [-0.15, -0.1) is 0 Å². The molecule has 1 heterocycles. The van der Waals surface area contributed by atoms with Crippen LogP contribution in [0.4, 0.5) is 5.69 Å². The van der Waals surface area contributed by atoms with Crippen LogP contribution in [0, 0.1) is 0 Å². The SMILES string of the molecule is O=C(CNC1CCCC1)Nc1cccc2ncccc12. The number of nitrogens with one attached hydrogen (secondary N) is 2. The lowest BCUT2D eigenvalue weighted by atomic mass is 10.2. The van der Waals surface area contributed by atoms with Gasteiger partial charge in [-0.25, -0.2) is 0 Å². The molecule has 1 fully saturated rings. The number of benzene rings is 1. The highest BCUT2D eigenvalue weighted by atomic mass is 16.1. The summed E-state index contributed by atoms with van der Waals surface area (Å²) >= 11 is 0. The fourth-order valence-corrected chi connectivity index (χ4v) is 2.77. The van der Waals surface area contributed by atoms with E-state index in [9.17, 15) is 4.79 Å². The number of hydrogen-bond donors (Lipinski definition) is 2. The van der Waals surface area contributed by atoms with Crippen LogP contribution >= 0.6 is 0 Å². The van der Waals surface area contributed by atoms with Crippen LogP contribution in [-0.4, -0.2) is 23.5 Å². The third kappa shape index (κ3) is 2.96. The van der Waals surface area contributed by atoms with Crippen LogP contribution in [0.3, 0.4) is 0 Å². The predicted molar refractivity (Wildman–Crippen MR) is 80.6 cm³/mol. The summed E-state index contributed by atoms with van der Waals surface area (Å²) in [7, 11) is 0. The molecule has 0 atom stereocenters. The van der Waals surface area contributed by atoms with Crippen LogP contribution in [0.2, 0.25) is 0 Å². The maximum Gasteiger partial charge on any atom is 0.238 e. The minimum atomic E-state index is 0.00764. The number of hydrogen-bond acceptors (Lipinski definition) is 3. The molecule has 1 aromatic heterocycles. The van der Waals surface area contributed by atoms with Crippen molar-refractivity contribution in [3.8, 4) is 0 Å². The smallest absolute Gasteiger partial charge is 0.238 e. The van der Waals surface area contributed by atoms with E-state index in [4.69, 9.17) is 0 Å². The van der Waals surface area contributed by atoms with Crippen LogP contribution in [-0.2, 0) is 4.79 Å². The molecule has 1 aliphatic carbocycles. The standard InChI is InChI=1S/C16H19N3O/c20-16(11-18-12-5-1-2-6-12)19-15-9-3-8-14-13(15)7-4-10-17-14/h3-4,7-10,12,18H,1-2,5-6,11H2,(H,19,20). The van der Waals surface area contributed by atoms with E-state index in [1.54, 1.807) is 6.20 Å². The number of nitrogens with zero attached hydrogens (tertiary/aromatic N) is 1. The van der Waals surface area contributed by atoms with Crippen molar-refractivity contribution in [2.24, 2.45) is 0 Å². The van der Waals surface area contributed by atoms with E-state index in [0.29, 0.717) is 12.6 Å². The first-order valence-corrected chi connectivity index (χ1v) is 7.20. The van der Waals surface area contributed by atoms with Gasteiger partial charge in [0.2, 0.25) is 5.91 Å². The lowest BCUT2D eigenvalue weighted by Crippen LogP contribution is -2.34. The van der Waals surface area contributed by atoms with Crippen LogP contribution in [0.15, 0.2) is 36.5 Å². The first kappa shape index (κ1) is 13.1. The highest BCUT2D eigenvalue weighted by Gasteiger charge is 2.15. The van der Waals surface area contributed by atoms with Crippen LogP contribution < -0.4 is 10.6 Å². The molecule has 0 radical (unpaired) electrons. The molecular formula is C16H19N3O. The first-order chi connectivity index (χ1) is 9.83. The van der Waals surface area contributed by atoms with Gasteiger partial charge in [-0.1, -0.05) is 18.9 Å². The normalized spacial score (nSPS) is 15.6. The summed E-state index contributed by atoms with van der Waals surface area (Å²) in [6.07, 6.45) is 6.68. The van der Waals surface area contributed by atoms with Gasteiger partial charge < -0.3 is 10.6 Å². The molecule has 0 spiro atoms. The largest absolute Gasteiger partial charge is 0.324 e. The van der Waals surface area contributed by atoms with Crippen LogP contribution in [0.1, 0.15) is 25.7 Å². The van der Waals surface area contributed by atoms with Crippen LogP contribution in [0.5, 0.6) is 0 Å². The van der Waals surface area contributed by atoms with E-state index < -0.39 is 0 Å². The Balaban J connectivity index is 1.65. The molecule has 3 rings (SSSR count). The van der Waals surface area contributed by atoms with Crippen molar-refractivity contribution in [1.82, 2.24) is 10.3 Å². The van der Waals surface area contributed by atoms with Crippen molar-refractivity contribution in [1.29, 1.82) is 0 Å². The van der Waals surface area contributed by atoms with E-state index in [2.05, 4.69) is 15.6 Å². The Hall–Kier alpha value is -1.94. The van der Waals surface area contributed by atoms with Gasteiger partial charge in [0.25, 0.3) is 0 Å². The van der Waals surface area contributed by atoms with Crippen molar-refractivity contribution in [2.75, 3.05) is 11.9 Å². The molecule has 0 saturated heterocycles. The Morgan fingerprint density at radius 2 is 2.05 bits per heavy atom. The summed E-state index contributed by atoms with van der Waals surface area (Å²) in [6, 6.07) is 10.1. The fraction of sp³-hybridized carbons (Fsp3) is 0.375. The number of carbonyl (C=O) groups is 1. The molecule has 4 nitrogen and oxygen atoms in total. The third-order valence-electron chi connectivity index (χ3n) is 3.83. The lowest BCUT2D eigenvalue weighted by Gasteiger charge is -2.12. The van der Waals surface area contributed by atoms with Gasteiger partial charge in [0.1, 0.15) is 0 Å². The maximum absolute atomic E-state index is 12.0. The highest BCUT2D eigenvalue weighted by Crippen LogP contribution is 2.21. The second kappa shape index (κ2) is 6.01. The molecule has 1 amide bonds. The van der Waals surface area contributed by atoms with E-state index in [0.717, 1.165) is 16.6 Å². The van der Waals surface area contributed by atoms with E-state index in [-0.39, 0.29) is 5.91 Å². The Morgan fingerprint density at radius 1 is 1.20 bits per heavy atom. The van der Waals surface area contributed by atoms with Crippen LogP contribution in [0.25, 0.3) is 10.9 Å². The molecule has 20 heavy (non-hydrogen) atoms. The summed E-state index contributed by atoms with van der Waals surface area (Å²) in [4.78, 5) is 16.3. The summed E-state index contributed by atoms with van der Waals surface area (Å²) in [5.41, 5.74) is 1.72. The number of aromatic nitrogens is 1. The van der Waals surface area contributed by atoms with Crippen molar-refractivity contribution in [3.05, 3.63) is 36.5 Å². The Morgan fingerprint density at radius 3 is 2.90 bits per heavy atom. The number of fused-ring (bicyclic) bond motifs is 1. The molecular weight excluding hydrogens is 250 g/mol. The third-order valence-corrected chi connectivity index (χ3v) is 3.83. The monoisotopic (exact) mass is 269 g/mol. The van der Waals surface area contributed by atoms with Gasteiger partial charge in [-0.2, -0.15) is 0 Å². The molecule has 1 aromatic carbocycles. The fourth-order valence-electron chi connectivity index (χ4n) is 2.77. The van der Waals surface area contributed by atoms with Gasteiger partial charge in [-0.05, 0) is 37.1 Å². The number of pyridine rings is 1. The minimum absolute atomic E-state index is 0.00764. The van der Waals surface area contributed by atoms with Crippen molar-refractivity contribution in [2.45, 2.75) is 31.7 Å². The quantitative estimate of drug-likeness (QED) is 0.897. The number of carbonyl (C=O) groups excluding carboxylic acids is 1. The topological polar surface area (TPSA) is 54.0 Å². The van der Waals surface area contributed by atoms with Crippen molar-refractivity contribution >= 4 is 22.5 Å². The second-order valence-corrected chi connectivity index (χ2v) is 5.29. The highest BCUT2D eigenvalue weighted by molar-refractivity contribution is 6.01. The van der Waals surface area contributed by atoms with Gasteiger partial charge in [-0.3, -0.25) is 9.78 Å². The van der Waals surface area contributed by atoms with Gasteiger partial charge in [0.15, 0.2) is 0 Å². The van der Waals surface area contributed by atoms with Crippen molar-refractivity contribution in [3.63, 3.8) is 0 Å². The molecule has 1 aliphatic rings. The van der Waals surface area contributed by atoms with Gasteiger partial charge in [0.05, 0.1) is 17.7 Å². The van der Waals surface area contributed by atoms with Gasteiger partial charge in [0, 0.05) is 17.6 Å². The Labute approximate surface area is 118 Å². The Bertz CT molecular complexity index is 600. The molecule has 0 bridgehead atoms. The summed E-state index contributed by atoms with van der Waals surface area (Å²) in [5.74, 6) is 0.00764. The molecule has 4 heteroatoms. The minimum Gasteiger partial charge on any atom is -0.324 e. The first-order valence-electron chi connectivity index (χ1n) is 7.20. The molecule has 0 aliphatic heterocycles. The van der Waals surface area contributed by atoms with E-state index in [1.165, 1.54) is 25.7 Å². The van der Waals surface area contributed by atoms with Crippen molar-refractivity contribution < 1.29 is 4.79 Å². The predicted octanol–water partition coefficient (Wildman–Crippen LogP) is 2.71. The van der Waals surface area contributed by atoms with E-state index >= 15 is 0 Å². The summed E-state index contributed by atoms with van der Waals surface area (Å²) in [5, 5.41) is 7.27. The zero-order valence-corrected chi connectivity index (χ0v) is 11.4. The lowest BCUT2D eigenvalue weighted by molar-refractivity contribution is -0.115. The number of amides is 1. The summed E-state index contributed by atoms with van der Waals surface area (Å²) < 4.78 is 0. The molecule has 2 N–H and O–H groups in total. The maximum atomic E-state index is 12.0. The number of rotatable bonds is 4. The summed E-state index contributed by atoms with van der Waals surface area (Å²) in [6.45, 7) is 0.376. The average molecular weight is 269 g/mol. The molecule has 2 aromatic rings. The van der Waals surface area contributed by atoms with E-state index in [1.807, 2.05) is 30.3 Å². The average Bonchev–Trinajstić information content (AvgIpc) is 2.99. The second-order valence-electron chi connectivity index (χ2n) is 5.29. The molecule has 104 valence electrons. The zero-order valence-electron chi connectivity index (χ0n) is 11.4. The number of anilines is 1. The molecule has 0 unspecified atom stereocenters. The molecule has 1 saturated carbocycles. The Kier molecular flexibility index (Phi) is 3.92. The zero-order chi connectivity index (χ0) is 13.8. The van der Waals surface area contributed by atoms with Gasteiger partial charge >= 0.3 is 0 Å².